The summed E-state index contributed by atoms with van der Waals surface area (Å²) < 4.78 is 34.8. The Morgan fingerprint density at radius 2 is 1.56 bits per heavy atom. The van der Waals surface area contributed by atoms with Gasteiger partial charge in [0.1, 0.15) is 12.2 Å². The molecule has 0 radical (unpaired) electrons. The zero-order valence-electron chi connectivity index (χ0n) is 15.9. The zero-order valence-corrected chi connectivity index (χ0v) is 17.1. The van der Waals surface area contributed by atoms with Crippen molar-refractivity contribution in [1.29, 1.82) is 0 Å². The van der Waals surface area contributed by atoms with Crippen LogP contribution in [0.5, 0.6) is 0 Å². The lowest BCUT2D eigenvalue weighted by atomic mass is 9.81. The molecule has 0 fully saturated rings. The zero-order chi connectivity index (χ0) is 21.2. The van der Waals surface area contributed by atoms with Crippen LogP contribution in [0.15, 0.2) is 30.3 Å². The Kier molecular flexibility index (Phi) is 7.17. The molecule has 3 N–H and O–H groups in total. The van der Waals surface area contributed by atoms with Crippen LogP contribution in [-0.2, 0) is 9.22 Å². The number of aliphatic hydroxyl groups excluding tert-OH is 2. The average molecular weight is 404 g/mol. The molecule has 0 saturated heterocycles. The van der Waals surface area contributed by atoms with Gasteiger partial charge in [-0.05, 0) is 13.1 Å². The number of rotatable bonds is 8. The molecule has 0 spiro atoms. The predicted octanol–water partition coefficient (Wildman–Crippen LogP) is 1.53. The van der Waals surface area contributed by atoms with Crippen molar-refractivity contribution in [3.63, 3.8) is 0 Å². The number of Topliss-reactive ketones (excluding diaryl/α,β-unsaturated/α-hetero) is 2. The summed E-state index contributed by atoms with van der Waals surface area (Å²) in [4.78, 5) is 24.5. The van der Waals surface area contributed by atoms with Crippen molar-refractivity contribution in [2.75, 3.05) is 0 Å². The van der Waals surface area contributed by atoms with E-state index in [2.05, 4.69) is 0 Å². The molecular weight excluding hydrogens is 378 g/mol. The number of benzene rings is 1. The van der Waals surface area contributed by atoms with Crippen LogP contribution >= 0.6 is 0 Å². The summed E-state index contributed by atoms with van der Waals surface area (Å²) in [5.41, 5.74) is -1.63. The first-order valence-corrected chi connectivity index (χ1v) is 11.2. The maximum absolute atomic E-state index is 14.9. The van der Waals surface area contributed by atoms with Crippen LogP contribution in [0.25, 0.3) is 0 Å². The minimum atomic E-state index is -4.57. The Morgan fingerprint density at radius 3 is 1.96 bits per heavy atom. The fraction of sp³-hybridized carbons (Fsp3) is 0.556. The average Bonchev–Trinajstić information content (AvgIpc) is 2.58. The van der Waals surface area contributed by atoms with E-state index in [0.717, 1.165) is 0 Å². The number of hydrogen-bond donors (Lipinski definition) is 3. The second-order valence-electron chi connectivity index (χ2n) is 7.64. The van der Waals surface area contributed by atoms with E-state index in [1.165, 1.54) is 58.1 Å². The van der Waals surface area contributed by atoms with Crippen molar-refractivity contribution in [1.82, 2.24) is 0 Å². The normalized spacial score (nSPS) is 17.3. The molecule has 0 aliphatic heterocycles. The molecular formula is C18H26F2O6Si. The minimum absolute atomic E-state index is 0.0568. The number of halogens is 2. The molecule has 0 bridgehead atoms. The van der Waals surface area contributed by atoms with Gasteiger partial charge in [-0.15, -0.1) is 0 Å². The second-order valence-corrected chi connectivity index (χ2v) is 9.97. The summed E-state index contributed by atoms with van der Waals surface area (Å²) in [6.45, 7) is 6.51. The molecule has 6 nitrogen and oxygen atoms in total. The summed E-state index contributed by atoms with van der Waals surface area (Å²) in [6, 6.07) is 7.18. The van der Waals surface area contributed by atoms with E-state index in [1.54, 1.807) is 6.07 Å². The van der Waals surface area contributed by atoms with Gasteiger partial charge in [0.05, 0.1) is 0 Å². The highest BCUT2D eigenvalue weighted by atomic mass is 28.3. The highest BCUT2D eigenvalue weighted by Crippen LogP contribution is 2.40. The molecule has 0 saturated carbocycles. The number of ketones is 2. The predicted molar refractivity (Wildman–Crippen MR) is 97.1 cm³/mol. The molecule has 27 heavy (non-hydrogen) atoms. The van der Waals surface area contributed by atoms with Gasteiger partial charge in [0, 0.05) is 11.0 Å². The molecule has 3 atom stereocenters. The first-order chi connectivity index (χ1) is 12.2. The number of aliphatic hydroxyl groups is 3. The van der Waals surface area contributed by atoms with Gasteiger partial charge in [-0.25, -0.2) is 0 Å². The van der Waals surface area contributed by atoms with Crippen LogP contribution in [0.2, 0.25) is 13.1 Å². The summed E-state index contributed by atoms with van der Waals surface area (Å²) in [5, 5.41) is 31.0. The van der Waals surface area contributed by atoms with Gasteiger partial charge < -0.3 is 19.7 Å². The monoisotopic (exact) mass is 404 g/mol. The third kappa shape index (κ3) is 4.85. The fourth-order valence-electron chi connectivity index (χ4n) is 2.45. The largest absolute Gasteiger partial charge is 0.387 e. The lowest BCUT2D eigenvalue weighted by Crippen LogP contribution is -2.68. The van der Waals surface area contributed by atoms with Gasteiger partial charge in [-0.2, -0.15) is 8.78 Å². The smallest absolute Gasteiger partial charge is 0.359 e. The van der Waals surface area contributed by atoms with Crippen molar-refractivity contribution in [2.24, 2.45) is 5.41 Å². The third-order valence-corrected chi connectivity index (χ3v) is 4.69. The molecule has 1 aromatic carbocycles. The third-order valence-electron chi connectivity index (χ3n) is 3.86. The van der Waals surface area contributed by atoms with E-state index < -0.39 is 49.9 Å². The van der Waals surface area contributed by atoms with E-state index in [4.69, 9.17) is 4.43 Å². The number of carbonyl (C=O) groups is 2. The van der Waals surface area contributed by atoms with Crippen molar-refractivity contribution in [3.8, 4) is 0 Å². The number of alkyl halides is 2. The molecule has 0 heterocycles. The van der Waals surface area contributed by atoms with Crippen LogP contribution in [-0.4, -0.2) is 59.8 Å². The Balaban J connectivity index is 3.36. The Hall–Kier alpha value is -1.52. The quantitative estimate of drug-likeness (QED) is 0.345. The summed E-state index contributed by atoms with van der Waals surface area (Å²) in [6.07, 6.45) is -5.18. The van der Waals surface area contributed by atoms with Crippen LogP contribution in [0.3, 0.4) is 0 Å². The molecule has 0 aliphatic carbocycles. The summed E-state index contributed by atoms with van der Waals surface area (Å²) in [5.74, 6) is -11.1. The van der Waals surface area contributed by atoms with Crippen molar-refractivity contribution in [2.45, 2.75) is 57.8 Å². The molecule has 1 unspecified atom stereocenters. The second kappa shape index (κ2) is 8.23. The Bertz CT molecular complexity index is 674. The minimum Gasteiger partial charge on any atom is -0.387 e. The summed E-state index contributed by atoms with van der Waals surface area (Å²) >= 11 is 0. The number of carbonyl (C=O) groups excluding carboxylic acids is 2. The standard InChI is InChI=1S/C18H26F2O6Si/c1-16(2,3)15(24)17(19,20)18(25,26-27(4)5)14(23)13(22)12(21)11-9-7-6-8-10-11/h6-10,13-14,22-23,25,27H,1-5H3/t13?,14-,18-/m1/s1. The lowest BCUT2D eigenvalue weighted by molar-refractivity contribution is -0.318. The van der Waals surface area contributed by atoms with Gasteiger partial charge in [-0.1, -0.05) is 51.1 Å². The molecule has 0 amide bonds. The van der Waals surface area contributed by atoms with Crippen LogP contribution in [0, 0.1) is 5.41 Å². The van der Waals surface area contributed by atoms with E-state index in [-0.39, 0.29) is 5.56 Å². The fourth-order valence-corrected chi connectivity index (χ4v) is 3.46. The summed E-state index contributed by atoms with van der Waals surface area (Å²) in [7, 11) is -2.46. The van der Waals surface area contributed by atoms with E-state index >= 15 is 0 Å². The van der Waals surface area contributed by atoms with Crippen molar-refractivity contribution < 1.29 is 38.1 Å². The maximum atomic E-state index is 14.9. The maximum Gasteiger partial charge on any atom is 0.359 e. The Morgan fingerprint density at radius 1 is 1.07 bits per heavy atom. The highest BCUT2D eigenvalue weighted by Gasteiger charge is 2.67. The van der Waals surface area contributed by atoms with E-state index in [1.807, 2.05) is 0 Å². The van der Waals surface area contributed by atoms with Crippen LogP contribution in [0.4, 0.5) is 8.78 Å². The molecule has 152 valence electrons. The molecule has 1 rings (SSSR count). The van der Waals surface area contributed by atoms with E-state index in [0.29, 0.717) is 0 Å². The van der Waals surface area contributed by atoms with Crippen LogP contribution in [0.1, 0.15) is 31.1 Å². The van der Waals surface area contributed by atoms with Crippen LogP contribution < -0.4 is 0 Å². The van der Waals surface area contributed by atoms with Gasteiger partial charge in [0.15, 0.2) is 14.8 Å². The first-order valence-electron chi connectivity index (χ1n) is 8.44. The van der Waals surface area contributed by atoms with Gasteiger partial charge in [0.2, 0.25) is 5.78 Å². The molecule has 0 aliphatic rings. The SMILES string of the molecule is C[SiH](C)O[C@](O)([C@H](O)C(O)C(=O)c1ccccc1)C(F)(F)C(=O)C(C)(C)C. The number of hydrogen-bond acceptors (Lipinski definition) is 6. The molecule has 9 heteroatoms. The first kappa shape index (κ1) is 23.5. The molecule has 1 aromatic rings. The van der Waals surface area contributed by atoms with Crippen molar-refractivity contribution in [3.05, 3.63) is 35.9 Å². The Labute approximate surface area is 158 Å². The van der Waals surface area contributed by atoms with Gasteiger partial charge in [0.25, 0.3) is 5.79 Å². The highest BCUT2D eigenvalue weighted by molar-refractivity contribution is 6.48. The lowest BCUT2D eigenvalue weighted by Gasteiger charge is -2.42. The van der Waals surface area contributed by atoms with Crippen molar-refractivity contribution >= 4 is 20.6 Å². The van der Waals surface area contributed by atoms with Gasteiger partial charge in [-0.3, -0.25) is 9.59 Å². The molecule has 0 aromatic heterocycles. The topological polar surface area (TPSA) is 104 Å². The van der Waals surface area contributed by atoms with E-state index in [9.17, 15) is 33.7 Å². The van der Waals surface area contributed by atoms with Gasteiger partial charge >= 0.3 is 5.92 Å².